The molecular weight excluding hydrogens is 419 g/mol. The lowest BCUT2D eigenvalue weighted by Crippen LogP contribution is -2.33. The number of hydrogen-bond acceptors (Lipinski definition) is 4. The van der Waals surface area contributed by atoms with Crippen LogP contribution in [0.5, 0.6) is 0 Å². The highest BCUT2D eigenvalue weighted by Crippen LogP contribution is 2.29. The smallest absolute Gasteiger partial charge is 0.351 e. The van der Waals surface area contributed by atoms with Gasteiger partial charge in [0.05, 0.1) is 23.0 Å². The fourth-order valence-corrected chi connectivity index (χ4v) is 3.38. The molecule has 0 aliphatic carbocycles. The van der Waals surface area contributed by atoms with E-state index in [1.807, 2.05) is 51.2 Å². The van der Waals surface area contributed by atoms with E-state index in [-0.39, 0.29) is 17.6 Å². The number of pyridine rings is 1. The molecule has 1 aromatic carbocycles. The molecule has 0 spiro atoms. The Kier molecular flexibility index (Phi) is 7.29. The van der Waals surface area contributed by atoms with Crippen LogP contribution >= 0.6 is 0 Å². The Labute approximate surface area is 185 Å². The number of aromatic nitrogens is 3. The van der Waals surface area contributed by atoms with Gasteiger partial charge in [-0.05, 0) is 30.7 Å². The lowest BCUT2D eigenvalue weighted by molar-refractivity contribution is -0.137. The summed E-state index contributed by atoms with van der Waals surface area (Å²) in [6.07, 6.45) is -2.27. The number of alkyl halides is 3. The zero-order valence-electron chi connectivity index (χ0n) is 18.2. The molecule has 1 N–H and O–H groups in total. The summed E-state index contributed by atoms with van der Waals surface area (Å²) >= 11 is 0. The largest absolute Gasteiger partial charge is 0.417 e. The molecule has 170 valence electrons. The molecular formula is C23H26F3N5O. The summed E-state index contributed by atoms with van der Waals surface area (Å²) in [5, 5.41) is 7.12. The zero-order chi connectivity index (χ0) is 23.3. The van der Waals surface area contributed by atoms with Gasteiger partial charge in [-0.15, -0.1) is 0 Å². The van der Waals surface area contributed by atoms with Crippen molar-refractivity contribution < 1.29 is 18.0 Å². The average molecular weight is 445 g/mol. The maximum absolute atomic E-state index is 12.8. The molecule has 0 aliphatic rings. The molecule has 6 nitrogen and oxygen atoms in total. The first-order valence-corrected chi connectivity index (χ1v) is 10.3. The molecule has 0 saturated carbocycles. The van der Waals surface area contributed by atoms with E-state index in [1.54, 1.807) is 0 Å². The first-order chi connectivity index (χ1) is 15.2. The highest BCUT2D eigenvalue weighted by molar-refractivity contribution is 5.95. The number of carbonyl (C=O) groups excluding carboxylic acids is 1. The highest BCUT2D eigenvalue weighted by Gasteiger charge is 2.31. The van der Waals surface area contributed by atoms with Crippen LogP contribution in [0.4, 0.5) is 13.2 Å². The molecule has 9 heteroatoms. The van der Waals surface area contributed by atoms with Gasteiger partial charge >= 0.3 is 6.18 Å². The zero-order valence-corrected chi connectivity index (χ0v) is 18.2. The number of likely N-dealkylation sites (N-methyl/N-ethyl adjacent to an activating group) is 1. The van der Waals surface area contributed by atoms with E-state index in [4.69, 9.17) is 0 Å². The Balaban J connectivity index is 1.67. The minimum atomic E-state index is -4.46. The molecule has 0 fully saturated rings. The Morgan fingerprint density at radius 2 is 1.84 bits per heavy atom. The Morgan fingerprint density at radius 1 is 1.12 bits per heavy atom. The highest BCUT2D eigenvalue weighted by atomic mass is 19.4. The van der Waals surface area contributed by atoms with Gasteiger partial charge in [-0.1, -0.05) is 44.2 Å². The van der Waals surface area contributed by atoms with E-state index >= 15 is 0 Å². The molecule has 0 saturated heterocycles. The molecule has 0 bridgehead atoms. The fourth-order valence-electron chi connectivity index (χ4n) is 3.38. The van der Waals surface area contributed by atoms with Gasteiger partial charge in [0, 0.05) is 25.8 Å². The summed E-state index contributed by atoms with van der Waals surface area (Å²) in [5.41, 5.74) is 1.32. The summed E-state index contributed by atoms with van der Waals surface area (Å²) in [5.74, 6) is -0.147. The first kappa shape index (κ1) is 23.5. The third-order valence-corrected chi connectivity index (χ3v) is 4.96. The quantitative estimate of drug-likeness (QED) is 0.563. The summed E-state index contributed by atoms with van der Waals surface area (Å²) < 4.78 is 39.9. The van der Waals surface area contributed by atoms with Gasteiger partial charge in [-0.25, -0.2) is 9.67 Å². The number of nitrogens with one attached hydrogen (secondary N) is 1. The third kappa shape index (κ3) is 5.73. The second-order valence-electron chi connectivity index (χ2n) is 7.89. The van der Waals surface area contributed by atoms with Crippen LogP contribution in [-0.4, -0.2) is 45.7 Å². The van der Waals surface area contributed by atoms with E-state index in [2.05, 4.69) is 20.3 Å². The minimum absolute atomic E-state index is 0.0944. The molecule has 3 aromatic rings. The van der Waals surface area contributed by atoms with Crippen molar-refractivity contribution in [2.75, 3.05) is 20.1 Å². The Hall–Kier alpha value is -3.20. The van der Waals surface area contributed by atoms with Crippen molar-refractivity contribution in [3.05, 3.63) is 77.2 Å². The molecule has 1 amide bonds. The topological polar surface area (TPSA) is 63.1 Å². The average Bonchev–Trinajstić information content (AvgIpc) is 3.19. The van der Waals surface area contributed by atoms with Gasteiger partial charge in [-0.3, -0.25) is 4.79 Å². The van der Waals surface area contributed by atoms with Crippen molar-refractivity contribution in [1.29, 1.82) is 0 Å². The van der Waals surface area contributed by atoms with Gasteiger partial charge in [-0.2, -0.15) is 18.3 Å². The van der Waals surface area contributed by atoms with E-state index in [9.17, 15) is 18.0 Å². The van der Waals surface area contributed by atoms with Crippen LogP contribution in [0, 0.1) is 0 Å². The van der Waals surface area contributed by atoms with Crippen LogP contribution in [0.15, 0.2) is 54.9 Å². The molecule has 0 aliphatic heterocycles. The van der Waals surface area contributed by atoms with Crippen LogP contribution in [0.1, 0.15) is 46.9 Å². The van der Waals surface area contributed by atoms with Gasteiger partial charge in [0.2, 0.25) is 0 Å². The maximum atomic E-state index is 12.8. The van der Waals surface area contributed by atoms with Gasteiger partial charge in [0.15, 0.2) is 5.82 Å². The summed E-state index contributed by atoms with van der Waals surface area (Å²) in [6.45, 7) is 5.66. The molecule has 0 radical (unpaired) electrons. The van der Waals surface area contributed by atoms with E-state index in [0.29, 0.717) is 24.3 Å². The molecule has 2 aromatic heterocycles. The van der Waals surface area contributed by atoms with Crippen molar-refractivity contribution in [3.8, 4) is 5.82 Å². The van der Waals surface area contributed by atoms with Crippen LogP contribution < -0.4 is 5.32 Å². The Morgan fingerprint density at radius 3 is 2.44 bits per heavy atom. The number of nitrogens with zero attached hydrogens (tertiary/aromatic N) is 4. The molecule has 32 heavy (non-hydrogen) atoms. The maximum Gasteiger partial charge on any atom is 0.417 e. The summed E-state index contributed by atoms with van der Waals surface area (Å²) in [4.78, 5) is 18.8. The Bertz CT molecular complexity index is 1030. The van der Waals surface area contributed by atoms with Crippen molar-refractivity contribution in [3.63, 3.8) is 0 Å². The number of rotatable bonds is 8. The predicted molar refractivity (Wildman–Crippen MR) is 116 cm³/mol. The minimum Gasteiger partial charge on any atom is -0.351 e. The van der Waals surface area contributed by atoms with Crippen molar-refractivity contribution in [2.45, 2.75) is 32.5 Å². The van der Waals surface area contributed by atoms with Crippen molar-refractivity contribution in [1.82, 2.24) is 25.0 Å². The van der Waals surface area contributed by atoms with Gasteiger partial charge in [0.25, 0.3) is 5.91 Å². The van der Waals surface area contributed by atoms with E-state index < -0.39 is 11.7 Å². The second-order valence-corrected chi connectivity index (χ2v) is 7.89. The molecule has 2 heterocycles. The molecule has 0 atom stereocenters. The summed E-state index contributed by atoms with van der Waals surface area (Å²) in [7, 11) is 1.98. The van der Waals surface area contributed by atoms with Gasteiger partial charge < -0.3 is 10.2 Å². The predicted octanol–water partition coefficient (Wildman–Crippen LogP) is 4.27. The SMILES string of the molecule is CC(C)c1c(C(=O)NCCN(C)Cc2ccccc2)cnn1-c1ccc(C(F)(F)F)cn1. The van der Waals surface area contributed by atoms with Crippen LogP contribution in [0.3, 0.4) is 0 Å². The fraction of sp³-hybridized carbons (Fsp3) is 0.348. The van der Waals surface area contributed by atoms with Gasteiger partial charge in [0.1, 0.15) is 0 Å². The second kappa shape index (κ2) is 9.95. The molecule has 3 rings (SSSR count). The van der Waals surface area contributed by atoms with E-state index in [0.717, 1.165) is 18.8 Å². The standard InChI is InChI=1S/C23H26F3N5O/c1-16(2)21-19(14-29-31(21)20-10-9-18(13-28-20)23(24,25)26)22(32)27-11-12-30(3)15-17-7-5-4-6-8-17/h4-10,13-14,16H,11-12,15H2,1-3H3,(H,27,32). The first-order valence-electron chi connectivity index (χ1n) is 10.3. The summed E-state index contributed by atoms with van der Waals surface area (Å²) in [6, 6.07) is 12.2. The van der Waals surface area contributed by atoms with Crippen LogP contribution in [0.25, 0.3) is 5.82 Å². The number of hydrogen-bond donors (Lipinski definition) is 1. The lowest BCUT2D eigenvalue weighted by atomic mass is 10.1. The van der Waals surface area contributed by atoms with Crippen molar-refractivity contribution >= 4 is 5.91 Å². The van der Waals surface area contributed by atoms with Crippen molar-refractivity contribution in [2.24, 2.45) is 0 Å². The monoisotopic (exact) mass is 445 g/mol. The number of carbonyl (C=O) groups is 1. The van der Waals surface area contributed by atoms with Crippen LogP contribution in [-0.2, 0) is 12.7 Å². The number of halogens is 3. The number of amides is 1. The normalized spacial score (nSPS) is 11.9. The third-order valence-electron chi connectivity index (χ3n) is 4.96. The number of benzene rings is 1. The van der Waals surface area contributed by atoms with E-state index in [1.165, 1.54) is 22.5 Å². The lowest BCUT2D eigenvalue weighted by Gasteiger charge is -2.17. The molecule has 0 unspecified atom stereocenters. The van der Waals surface area contributed by atoms with Crippen LogP contribution in [0.2, 0.25) is 0 Å².